The van der Waals surface area contributed by atoms with Crippen molar-refractivity contribution in [3.05, 3.63) is 35.2 Å². The second-order valence-electron chi connectivity index (χ2n) is 5.31. The molecule has 22 heavy (non-hydrogen) atoms. The molecule has 1 fully saturated rings. The Morgan fingerprint density at radius 2 is 1.95 bits per heavy atom. The fraction of sp³-hybridized carbons (Fsp3) is 0.500. The standard InChI is InChI=1S/C14H20N3O4S/c1-2-15-22(20,21)12-8-9-13(14(10-12)17(18)19)16-11-6-4-3-5-7-11/h8-11,15-16H,1-7H2. The molecule has 0 atom stereocenters. The predicted molar refractivity (Wildman–Crippen MR) is 84.1 cm³/mol. The molecule has 0 spiro atoms. The lowest BCUT2D eigenvalue weighted by atomic mass is 9.95. The van der Waals surface area contributed by atoms with Gasteiger partial charge in [0.25, 0.3) is 5.69 Å². The summed E-state index contributed by atoms with van der Waals surface area (Å²) in [5.74, 6) is 0. The number of sulfonamides is 1. The van der Waals surface area contributed by atoms with Crippen molar-refractivity contribution in [3.8, 4) is 0 Å². The highest BCUT2D eigenvalue weighted by atomic mass is 32.2. The Balaban J connectivity index is 2.29. The van der Waals surface area contributed by atoms with E-state index < -0.39 is 14.9 Å². The van der Waals surface area contributed by atoms with Crippen molar-refractivity contribution in [2.24, 2.45) is 0 Å². The lowest BCUT2D eigenvalue weighted by Crippen LogP contribution is -2.24. The summed E-state index contributed by atoms with van der Waals surface area (Å²) in [5, 5.41) is 14.4. The first-order valence-electron chi connectivity index (χ1n) is 7.28. The number of nitrogens with one attached hydrogen (secondary N) is 2. The van der Waals surface area contributed by atoms with E-state index in [2.05, 4.69) is 17.0 Å². The van der Waals surface area contributed by atoms with Crippen LogP contribution in [0, 0.1) is 17.0 Å². The topological polar surface area (TPSA) is 101 Å². The number of hydrogen-bond donors (Lipinski definition) is 2. The van der Waals surface area contributed by atoms with Gasteiger partial charge in [0.05, 0.1) is 9.82 Å². The SMILES string of the molecule is [CH2]CNS(=O)(=O)c1ccc(NC2CCCCC2)c([N+](=O)[O-])c1. The van der Waals surface area contributed by atoms with Gasteiger partial charge in [-0.25, -0.2) is 13.1 Å². The van der Waals surface area contributed by atoms with E-state index in [1.54, 1.807) is 0 Å². The van der Waals surface area contributed by atoms with Crippen LogP contribution in [0.3, 0.4) is 0 Å². The van der Waals surface area contributed by atoms with Crippen molar-refractivity contribution >= 4 is 21.4 Å². The number of rotatable bonds is 6. The van der Waals surface area contributed by atoms with Crippen LogP contribution < -0.4 is 10.0 Å². The Hall–Kier alpha value is -1.67. The molecule has 1 saturated carbocycles. The number of anilines is 1. The molecule has 1 aromatic carbocycles. The van der Waals surface area contributed by atoms with Gasteiger partial charge in [-0.1, -0.05) is 19.3 Å². The van der Waals surface area contributed by atoms with Gasteiger partial charge in [0.2, 0.25) is 10.0 Å². The highest BCUT2D eigenvalue weighted by molar-refractivity contribution is 7.89. The zero-order valence-electron chi connectivity index (χ0n) is 12.2. The van der Waals surface area contributed by atoms with E-state index in [1.165, 1.54) is 18.6 Å². The molecule has 0 saturated heterocycles. The molecule has 1 aromatic rings. The Morgan fingerprint density at radius 3 is 2.55 bits per heavy atom. The van der Waals surface area contributed by atoms with Crippen molar-refractivity contribution in [2.75, 3.05) is 11.9 Å². The Morgan fingerprint density at radius 1 is 1.27 bits per heavy atom. The number of nitro groups is 1. The number of benzene rings is 1. The van der Waals surface area contributed by atoms with Gasteiger partial charge in [0.15, 0.2) is 0 Å². The average Bonchev–Trinajstić information content (AvgIpc) is 2.48. The van der Waals surface area contributed by atoms with E-state index in [4.69, 9.17) is 0 Å². The zero-order chi connectivity index (χ0) is 16.2. The van der Waals surface area contributed by atoms with Crippen LogP contribution in [0.4, 0.5) is 11.4 Å². The minimum absolute atomic E-state index is 0.0157. The zero-order valence-corrected chi connectivity index (χ0v) is 13.1. The summed E-state index contributed by atoms with van der Waals surface area (Å²) in [5.41, 5.74) is 0.142. The van der Waals surface area contributed by atoms with E-state index >= 15 is 0 Å². The van der Waals surface area contributed by atoms with Crippen molar-refractivity contribution < 1.29 is 13.3 Å². The monoisotopic (exact) mass is 326 g/mol. The molecular weight excluding hydrogens is 306 g/mol. The molecular formula is C14H20N3O4S. The van der Waals surface area contributed by atoms with Crippen molar-refractivity contribution in [1.29, 1.82) is 0 Å². The molecule has 0 aromatic heterocycles. The van der Waals surface area contributed by atoms with Gasteiger partial charge < -0.3 is 5.32 Å². The lowest BCUT2D eigenvalue weighted by Gasteiger charge is -2.23. The molecule has 1 radical (unpaired) electrons. The fourth-order valence-electron chi connectivity index (χ4n) is 2.64. The molecule has 7 nitrogen and oxygen atoms in total. The summed E-state index contributed by atoms with van der Waals surface area (Å²) in [7, 11) is -3.76. The summed E-state index contributed by atoms with van der Waals surface area (Å²) < 4.78 is 26.1. The van der Waals surface area contributed by atoms with Gasteiger partial charge in [-0.3, -0.25) is 10.1 Å². The smallest absolute Gasteiger partial charge is 0.293 e. The van der Waals surface area contributed by atoms with Crippen LogP contribution in [0.2, 0.25) is 0 Å². The first kappa shape index (κ1) is 16.7. The molecule has 2 rings (SSSR count). The second kappa shape index (κ2) is 7.06. The summed E-state index contributed by atoms with van der Waals surface area (Å²) >= 11 is 0. The van der Waals surface area contributed by atoms with Gasteiger partial charge in [0.1, 0.15) is 5.69 Å². The van der Waals surface area contributed by atoms with E-state index in [9.17, 15) is 18.5 Å². The maximum Gasteiger partial charge on any atom is 0.293 e. The summed E-state index contributed by atoms with van der Waals surface area (Å²) in [6.07, 6.45) is 5.34. The quantitative estimate of drug-likeness (QED) is 0.617. The second-order valence-corrected chi connectivity index (χ2v) is 7.08. The van der Waals surface area contributed by atoms with Crippen LogP contribution >= 0.6 is 0 Å². The molecule has 1 aliphatic rings. The van der Waals surface area contributed by atoms with Crippen LogP contribution in [-0.4, -0.2) is 25.9 Å². The van der Waals surface area contributed by atoms with Crippen LogP contribution in [0.5, 0.6) is 0 Å². The third-order valence-electron chi connectivity index (χ3n) is 3.73. The molecule has 0 aliphatic heterocycles. The number of nitrogens with zero attached hydrogens (tertiary/aromatic N) is 1. The van der Waals surface area contributed by atoms with Crippen molar-refractivity contribution in [1.82, 2.24) is 4.72 Å². The van der Waals surface area contributed by atoms with Crippen LogP contribution in [0.25, 0.3) is 0 Å². The molecule has 0 unspecified atom stereocenters. The summed E-state index contributed by atoms with van der Waals surface area (Å²) in [6, 6.07) is 4.12. The maximum absolute atomic E-state index is 11.9. The van der Waals surface area contributed by atoms with Gasteiger partial charge in [-0.2, -0.15) is 0 Å². The largest absolute Gasteiger partial charge is 0.377 e. The summed E-state index contributed by atoms with van der Waals surface area (Å²) in [4.78, 5) is 10.5. The van der Waals surface area contributed by atoms with Crippen molar-refractivity contribution in [2.45, 2.75) is 43.0 Å². The van der Waals surface area contributed by atoms with Gasteiger partial charge in [-0.15, -0.1) is 0 Å². The number of nitro benzene ring substituents is 1. The van der Waals surface area contributed by atoms with Gasteiger partial charge >= 0.3 is 0 Å². The van der Waals surface area contributed by atoms with E-state index in [0.29, 0.717) is 5.69 Å². The van der Waals surface area contributed by atoms with E-state index in [0.717, 1.165) is 31.7 Å². The molecule has 2 N–H and O–H groups in total. The molecule has 8 heteroatoms. The Labute approximate surface area is 130 Å². The third kappa shape index (κ3) is 3.95. The predicted octanol–water partition coefficient (Wildman–Crippen LogP) is 2.45. The van der Waals surface area contributed by atoms with Crippen molar-refractivity contribution in [3.63, 3.8) is 0 Å². The third-order valence-corrected chi connectivity index (χ3v) is 5.19. The lowest BCUT2D eigenvalue weighted by molar-refractivity contribution is -0.384. The van der Waals surface area contributed by atoms with E-state index in [1.807, 2.05) is 0 Å². The van der Waals surface area contributed by atoms with Crippen LogP contribution in [0.1, 0.15) is 32.1 Å². The minimum Gasteiger partial charge on any atom is -0.377 e. The van der Waals surface area contributed by atoms with Crippen LogP contribution in [-0.2, 0) is 10.0 Å². The van der Waals surface area contributed by atoms with E-state index in [-0.39, 0.29) is 23.2 Å². The van der Waals surface area contributed by atoms with Crippen LogP contribution in [0.15, 0.2) is 23.1 Å². The molecule has 0 bridgehead atoms. The first-order valence-corrected chi connectivity index (χ1v) is 8.76. The normalized spacial score (nSPS) is 16.4. The average molecular weight is 326 g/mol. The molecule has 121 valence electrons. The maximum atomic E-state index is 11.9. The molecule has 0 amide bonds. The Bertz CT molecular complexity index is 639. The molecule has 1 aliphatic carbocycles. The highest BCUT2D eigenvalue weighted by Crippen LogP contribution is 2.30. The van der Waals surface area contributed by atoms with Gasteiger partial charge in [0, 0.05) is 18.7 Å². The molecule has 0 heterocycles. The number of hydrogen-bond acceptors (Lipinski definition) is 5. The Kier molecular flexibility index (Phi) is 5.36. The minimum atomic E-state index is -3.76. The highest BCUT2D eigenvalue weighted by Gasteiger charge is 2.23. The first-order chi connectivity index (χ1) is 10.4. The summed E-state index contributed by atoms with van der Waals surface area (Å²) in [6.45, 7) is 3.40. The van der Waals surface area contributed by atoms with Gasteiger partial charge in [-0.05, 0) is 31.9 Å². The fourth-order valence-corrected chi connectivity index (χ4v) is 3.59.